The molecule has 0 spiro atoms. The third kappa shape index (κ3) is 3.96. The molecule has 0 bridgehead atoms. The fourth-order valence-corrected chi connectivity index (χ4v) is 13.9. The predicted molar refractivity (Wildman–Crippen MR) is 123 cm³/mol. The normalized spacial score (nSPS) is 23.0. The standard InChI is InChI=1S/C24H42N2Si/c1-18(2)20-21(25-22(3,4)5)27(23(6,7)8,24(9,10)11)26(20)17-19-15-13-12-14-16-19/h12-16,18,20H,17H2,1-11H3. The minimum atomic E-state index is -2.04. The molecule has 3 heteroatoms. The minimum Gasteiger partial charge on any atom is -0.306 e. The van der Waals surface area contributed by atoms with Crippen molar-refractivity contribution >= 4 is 13.6 Å². The number of nitrogens with zero attached hydrogens (tertiary/aromatic N) is 2. The van der Waals surface area contributed by atoms with Crippen LogP contribution in [0.3, 0.4) is 0 Å². The van der Waals surface area contributed by atoms with Crippen molar-refractivity contribution in [1.29, 1.82) is 0 Å². The minimum absolute atomic E-state index is 0.0317. The molecule has 0 aliphatic carbocycles. The molecule has 1 aromatic carbocycles. The molecule has 1 atom stereocenters. The van der Waals surface area contributed by atoms with Crippen molar-refractivity contribution in [1.82, 2.24) is 4.57 Å². The van der Waals surface area contributed by atoms with Gasteiger partial charge in [-0.3, -0.25) is 4.99 Å². The van der Waals surface area contributed by atoms with E-state index in [1.165, 1.54) is 5.56 Å². The largest absolute Gasteiger partial charge is 0.306 e. The summed E-state index contributed by atoms with van der Waals surface area (Å²) in [5.41, 5.74) is 1.39. The quantitative estimate of drug-likeness (QED) is 0.518. The van der Waals surface area contributed by atoms with E-state index < -0.39 is 8.24 Å². The molecule has 2 nitrogen and oxygen atoms in total. The van der Waals surface area contributed by atoms with Crippen LogP contribution in [0.1, 0.15) is 81.7 Å². The van der Waals surface area contributed by atoms with Gasteiger partial charge in [-0.2, -0.15) is 0 Å². The number of aliphatic imine (C=N–C) groups is 1. The monoisotopic (exact) mass is 386 g/mol. The summed E-state index contributed by atoms with van der Waals surface area (Å²) in [5.74, 6) is 0.570. The molecule has 0 radical (unpaired) electrons. The van der Waals surface area contributed by atoms with Crippen LogP contribution in [0, 0.1) is 5.92 Å². The molecule has 152 valence electrons. The summed E-state index contributed by atoms with van der Waals surface area (Å²) in [5, 5.41) is 1.98. The van der Waals surface area contributed by atoms with Crippen molar-refractivity contribution in [3.8, 4) is 0 Å². The van der Waals surface area contributed by atoms with Crippen LogP contribution in [0.2, 0.25) is 10.1 Å². The Labute approximate surface area is 169 Å². The van der Waals surface area contributed by atoms with Crippen molar-refractivity contribution in [3.05, 3.63) is 35.9 Å². The summed E-state index contributed by atoms with van der Waals surface area (Å²) in [4.78, 5) is 5.43. The second-order valence-corrected chi connectivity index (χ2v) is 17.2. The highest BCUT2D eigenvalue weighted by atomic mass is 28.3. The maximum absolute atomic E-state index is 5.43. The lowest BCUT2D eigenvalue weighted by molar-refractivity contribution is 0.249. The average molecular weight is 387 g/mol. The van der Waals surface area contributed by atoms with Crippen molar-refractivity contribution < 1.29 is 0 Å². The van der Waals surface area contributed by atoms with Gasteiger partial charge in [-0.25, -0.2) is 0 Å². The van der Waals surface area contributed by atoms with Crippen molar-refractivity contribution in [2.75, 3.05) is 0 Å². The second-order valence-electron chi connectivity index (χ2n) is 11.7. The van der Waals surface area contributed by atoms with Crippen LogP contribution < -0.4 is 0 Å². The van der Waals surface area contributed by atoms with Crippen molar-refractivity contribution in [2.24, 2.45) is 10.9 Å². The van der Waals surface area contributed by atoms with Gasteiger partial charge in [-0.05, 0) is 42.3 Å². The fourth-order valence-electron chi connectivity index (χ4n) is 5.59. The number of benzene rings is 1. The molecule has 0 N–H and O–H groups in total. The van der Waals surface area contributed by atoms with Gasteiger partial charge in [-0.15, -0.1) is 0 Å². The Morgan fingerprint density at radius 2 is 1.37 bits per heavy atom. The van der Waals surface area contributed by atoms with Crippen LogP contribution in [0.25, 0.3) is 0 Å². The highest BCUT2D eigenvalue weighted by Gasteiger charge is 2.70. The van der Waals surface area contributed by atoms with E-state index in [1.807, 2.05) is 0 Å². The molecule has 1 unspecified atom stereocenters. The van der Waals surface area contributed by atoms with Crippen LogP contribution in [0.15, 0.2) is 35.3 Å². The third-order valence-corrected chi connectivity index (χ3v) is 12.7. The van der Waals surface area contributed by atoms with E-state index in [2.05, 4.69) is 111 Å². The van der Waals surface area contributed by atoms with E-state index >= 15 is 0 Å². The Morgan fingerprint density at radius 3 is 1.74 bits per heavy atom. The molecule has 1 aromatic rings. The third-order valence-electron chi connectivity index (χ3n) is 5.87. The van der Waals surface area contributed by atoms with Gasteiger partial charge < -0.3 is 4.57 Å². The maximum Gasteiger partial charge on any atom is 0.190 e. The highest BCUT2D eigenvalue weighted by Crippen LogP contribution is 2.60. The summed E-state index contributed by atoms with van der Waals surface area (Å²) >= 11 is 0. The summed E-state index contributed by atoms with van der Waals surface area (Å²) in [6, 6.07) is 11.5. The molecular weight excluding hydrogens is 344 g/mol. The smallest absolute Gasteiger partial charge is 0.190 e. The molecule has 0 saturated carbocycles. The lowest BCUT2D eigenvalue weighted by atomic mass is 10.0. The number of hydrogen-bond acceptors (Lipinski definition) is 2. The first kappa shape index (κ1) is 22.4. The van der Waals surface area contributed by atoms with Gasteiger partial charge in [0.05, 0.1) is 5.54 Å². The molecule has 2 rings (SSSR count). The molecule has 1 aliphatic rings. The first-order valence-electron chi connectivity index (χ1n) is 10.5. The molecule has 0 amide bonds. The Kier molecular flexibility index (Phi) is 5.92. The summed E-state index contributed by atoms with van der Waals surface area (Å²) in [7, 11) is -2.04. The zero-order chi connectivity index (χ0) is 20.8. The molecule has 1 aliphatic heterocycles. The van der Waals surface area contributed by atoms with Gasteiger partial charge in [0.15, 0.2) is 8.24 Å². The Balaban J connectivity index is 2.71. The van der Waals surface area contributed by atoms with Crippen LogP contribution >= 0.6 is 0 Å². The molecule has 27 heavy (non-hydrogen) atoms. The van der Waals surface area contributed by atoms with Gasteiger partial charge in [0.25, 0.3) is 0 Å². The zero-order valence-corrected chi connectivity index (χ0v) is 20.6. The average Bonchev–Trinajstić information content (AvgIpc) is 2.42. The number of hydrogen-bond donors (Lipinski definition) is 0. The first-order chi connectivity index (χ1) is 12.1. The van der Waals surface area contributed by atoms with Crippen molar-refractivity contribution in [3.63, 3.8) is 0 Å². The van der Waals surface area contributed by atoms with Gasteiger partial charge in [0.1, 0.15) is 0 Å². The summed E-state index contributed by atoms with van der Waals surface area (Å²) < 4.78 is 2.90. The fraction of sp³-hybridized carbons (Fsp3) is 0.708. The molecule has 1 fully saturated rings. The molecule has 0 aromatic heterocycles. The Morgan fingerprint density at radius 1 is 0.889 bits per heavy atom. The van der Waals surface area contributed by atoms with Gasteiger partial charge in [-0.1, -0.05) is 85.7 Å². The van der Waals surface area contributed by atoms with Crippen LogP contribution in [-0.4, -0.2) is 29.7 Å². The maximum atomic E-state index is 5.43. The second kappa shape index (κ2) is 7.15. The predicted octanol–water partition coefficient (Wildman–Crippen LogP) is 6.85. The van der Waals surface area contributed by atoms with E-state index in [9.17, 15) is 0 Å². The van der Waals surface area contributed by atoms with E-state index in [1.54, 1.807) is 5.33 Å². The van der Waals surface area contributed by atoms with Gasteiger partial charge in [0, 0.05) is 17.9 Å². The van der Waals surface area contributed by atoms with Crippen LogP contribution in [0.5, 0.6) is 0 Å². The topological polar surface area (TPSA) is 15.6 Å². The SMILES string of the molecule is CC(C)C1C(=NC(C)(C)C)[Si](C(C)(C)C)(C(C)(C)C)N1Cc1ccccc1. The summed E-state index contributed by atoms with van der Waals surface area (Å²) in [6.07, 6.45) is 0. The Bertz CT molecular complexity index is 655. The van der Waals surface area contributed by atoms with Gasteiger partial charge in [0.2, 0.25) is 0 Å². The molecular formula is C24H42N2Si. The van der Waals surface area contributed by atoms with Crippen molar-refractivity contribution in [2.45, 2.75) is 104 Å². The number of rotatable bonds is 3. The summed E-state index contributed by atoms with van der Waals surface area (Å²) in [6.45, 7) is 27.3. The van der Waals surface area contributed by atoms with Crippen LogP contribution in [0.4, 0.5) is 0 Å². The first-order valence-corrected chi connectivity index (χ1v) is 12.5. The molecule has 1 heterocycles. The van der Waals surface area contributed by atoms with Gasteiger partial charge >= 0.3 is 0 Å². The zero-order valence-electron chi connectivity index (χ0n) is 19.6. The van der Waals surface area contributed by atoms with E-state index in [4.69, 9.17) is 4.99 Å². The molecule has 1 saturated heterocycles. The lowest BCUT2D eigenvalue weighted by Crippen LogP contribution is -2.85. The van der Waals surface area contributed by atoms with Crippen LogP contribution in [-0.2, 0) is 6.54 Å². The van der Waals surface area contributed by atoms with E-state index in [-0.39, 0.29) is 15.6 Å². The van der Waals surface area contributed by atoms with E-state index in [0.29, 0.717) is 12.0 Å². The Hall–Kier alpha value is -0.933. The lowest BCUT2D eigenvalue weighted by Gasteiger charge is -2.69. The highest BCUT2D eigenvalue weighted by molar-refractivity contribution is 7.12. The van der Waals surface area contributed by atoms with E-state index in [0.717, 1.165) is 6.54 Å².